The van der Waals surface area contributed by atoms with Crippen molar-refractivity contribution >= 4 is 16.8 Å². The smallest absolute Gasteiger partial charge is 0.0649 e. The number of thioether (sulfide) groups is 1. The number of hydrogen-bond donors (Lipinski definition) is 1. The zero-order valence-electron chi connectivity index (χ0n) is 11.3. The maximum absolute atomic E-state index is 4.52. The number of nitrogens with one attached hydrogen (secondary N) is 1. The molecule has 4 bridgehead atoms. The summed E-state index contributed by atoms with van der Waals surface area (Å²) in [4.78, 5) is 4.52. The standard InChI is InChI=1S/C15H24N2S/c1-10-16-8-14(18-10)9-17-15-5-11-2-12(6-15)4-13(3-11)7-15/h11-14,17H,2-9H2,1H3. The zero-order valence-corrected chi connectivity index (χ0v) is 12.1. The van der Waals surface area contributed by atoms with Gasteiger partial charge in [-0.25, -0.2) is 0 Å². The summed E-state index contributed by atoms with van der Waals surface area (Å²) in [5.41, 5.74) is 0.534. The fourth-order valence-corrected chi connectivity index (χ4v) is 6.26. The molecule has 4 saturated carbocycles. The van der Waals surface area contributed by atoms with Gasteiger partial charge in [-0.15, -0.1) is 11.8 Å². The Morgan fingerprint density at radius 2 is 1.78 bits per heavy atom. The highest BCUT2D eigenvalue weighted by atomic mass is 32.2. The molecule has 0 aromatic heterocycles. The zero-order chi connectivity index (χ0) is 12.2. The Morgan fingerprint density at radius 3 is 2.28 bits per heavy atom. The largest absolute Gasteiger partial charge is 0.310 e. The molecule has 4 aliphatic carbocycles. The maximum atomic E-state index is 4.52. The Balaban J connectivity index is 1.39. The molecule has 1 atom stereocenters. The predicted octanol–water partition coefficient (Wildman–Crippen LogP) is 3.08. The second kappa shape index (κ2) is 4.24. The second-order valence-electron chi connectivity index (χ2n) is 7.18. The van der Waals surface area contributed by atoms with Gasteiger partial charge in [-0.2, -0.15) is 0 Å². The Hall–Kier alpha value is -0.0200. The molecule has 0 saturated heterocycles. The van der Waals surface area contributed by atoms with Gasteiger partial charge in [0.15, 0.2) is 0 Å². The van der Waals surface area contributed by atoms with Gasteiger partial charge in [0.05, 0.1) is 11.6 Å². The molecule has 100 valence electrons. The van der Waals surface area contributed by atoms with Crippen LogP contribution in [0.15, 0.2) is 4.99 Å². The van der Waals surface area contributed by atoms with Crippen LogP contribution in [0.5, 0.6) is 0 Å². The van der Waals surface area contributed by atoms with Gasteiger partial charge in [0.25, 0.3) is 0 Å². The van der Waals surface area contributed by atoms with Gasteiger partial charge in [-0.3, -0.25) is 4.99 Å². The lowest BCUT2D eigenvalue weighted by Crippen LogP contribution is -2.59. The molecule has 1 heterocycles. The first-order valence-electron chi connectivity index (χ1n) is 7.63. The summed E-state index contributed by atoms with van der Waals surface area (Å²) in [6, 6.07) is 0. The molecule has 2 nitrogen and oxygen atoms in total. The SMILES string of the molecule is CC1=NCC(CNC23CC4CC(CC(C4)C2)C3)S1. The molecule has 3 heteroatoms. The molecule has 0 aromatic carbocycles. The molecule has 1 unspecified atom stereocenters. The van der Waals surface area contributed by atoms with Gasteiger partial charge in [-0.1, -0.05) is 0 Å². The highest BCUT2D eigenvalue weighted by Crippen LogP contribution is 2.55. The lowest BCUT2D eigenvalue weighted by atomic mass is 9.53. The third-order valence-electron chi connectivity index (χ3n) is 5.60. The number of hydrogen-bond acceptors (Lipinski definition) is 3. The fraction of sp³-hybridized carbons (Fsp3) is 0.933. The first kappa shape index (κ1) is 11.8. The van der Waals surface area contributed by atoms with E-state index in [1.54, 1.807) is 19.3 Å². The molecule has 5 aliphatic rings. The molecule has 1 N–H and O–H groups in total. The van der Waals surface area contributed by atoms with Crippen LogP contribution in [0.25, 0.3) is 0 Å². The van der Waals surface area contributed by atoms with Crippen molar-refractivity contribution in [1.29, 1.82) is 0 Å². The summed E-state index contributed by atoms with van der Waals surface area (Å²) >= 11 is 1.98. The van der Waals surface area contributed by atoms with Crippen LogP contribution in [0.3, 0.4) is 0 Å². The van der Waals surface area contributed by atoms with Crippen LogP contribution in [-0.2, 0) is 0 Å². The van der Waals surface area contributed by atoms with E-state index in [2.05, 4.69) is 17.2 Å². The molecule has 1 aliphatic heterocycles. The Morgan fingerprint density at radius 1 is 1.17 bits per heavy atom. The Bertz CT molecular complexity index is 341. The van der Waals surface area contributed by atoms with E-state index in [1.807, 2.05) is 11.8 Å². The van der Waals surface area contributed by atoms with Gasteiger partial charge in [-0.05, 0) is 63.2 Å². The molecule has 4 fully saturated rings. The van der Waals surface area contributed by atoms with E-state index < -0.39 is 0 Å². The minimum Gasteiger partial charge on any atom is -0.310 e. The molecule has 0 spiro atoms. The summed E-state index contributed by atoms with van der Waals surface area (Å²) < 4.78 is 0. The highest BCUT2D eigenvalue weighted by molar-refractivity contribution is 8.14. The quantitative estimate of drug-likeness (QED) is 0.847. The minimum atomic E-state index is 0.534. The lowest BCUT2D eigenvalue weighted by Gasteiger charge is -2.57. The van der Waals surface area contributed by atoms with Crippen molar-refractivity contribution < 1.29 is 0 Å². The van der Waals surface area contributed by atoms with Crippen molar-refractivity contribution in [1.82, 2.24) is 5.32 Å². The lowest BCUT2D eigenvalue weighted by molar-refractivity contribution is -0.0192. The average molecular weight is 264 g/mol. The van der Waals surface area contributed by atoms with Gasteiger partial charge in [0.2, 0.25) is 0 Å². The van der Waals surface area contributed by atoms with Crippen LogP contribution in [0.1, 0.15) is 45.4 Å². The van der Waals surface area contributed by atoms with Gasteiger partial charge in [0, 0.05) is 17.3 Å². The molecule has 0 amide bonds. The summed E-state index contributed by atoms with van der Waals surface area (Å²) in [5, 5.41) is 5.99. The summed E-state index contributed by atoms with van der Waals surface area (Å²) in [6.45, 7) is 4.36. The van der Waals surface area contributed by atoms with Crippen molar-refractivity contribution in [2.24, 2.45) is 22.7 Å². The van der Waals surface area contributed by atoms with Crippen molar-refractivity contribution in [3.8, 4) is 0 Å². The van der Waals surface area contributed by atoms with E-state index in [0.29, 0.717) is 10.8 Å². The van der Waals surface area contributed by atoms with E-state index in [0.717, 1.165) is 24.3 Å². The van der Waals surface area contributed by atoms with E-state index in [9.17, 15) is 0 Å². The molecule has 18 heavy (non-hydrogen) atoms. The van der Waals surface area contributed by atoms with Crippen LogP contribution in [-0.4, -0.2) is 28.9 Å². The second-order valence-corrected chi connectivity index (χ2v) is 8.67. The van der Waals surface area contributed by atoms with Crippen LogP contribution in [0.4, 0.5) is 0 Å². The van der Waals surface area contributed by atoms with Crippen molar-refractivity contribution in [2.45, 2.75) is 56.2 Å². The highest BCUT2D eigenvalue weighted by Gasteiger charge is 2.50. The van der Waals surface area contributed by atoms with Crippen LogP contribution in [0, 0.1) is 17.8 Å². The van der Waals surface area contributed by atoms with Gasteiger partial charge in [0.1, 0.15) is 0 Å². The number of nitrogens with zero attached hydrogens (tertiary/aromatic N) is 1. The van der Waals surface area contributed by atoms with Gasteiger partial charge >= 0.3 is 0 Å². The predicted molar refractivity (Wildman–Crippen MR) is 78.3 cm³/mol. The third-order valence-corrected chi connectivity index (χ3v) is 6.72. The fourth-order valence-electron chi connectivity index (χ4n) is 5.31. The summed E-state index contributed by atoms with van der Waals surface area (Å²) in [6.07, 6.45) is 9.03. The number of aliphatic imine (C=N–C) groups is 1. The monoisotopic (exact) mass is 264 g/mol. The maximum Gasteiger partial charge on any atom is 0.0649 e. The molecule has 0 aromatic rings. The Labute approximate surface area is 114 Å². The number of rotatable bonds is 3. The van der Waals surface area contributed by atoms with E-state index in [4.69, 9.17) is 0 Å². The van der Waals surface area contributed by atoms with Gasteiger partial charge < -0.3 is 5.32 Å². The molecular formula is C15H24N2S. The first-order valence-corrected chi connectivity index (χ1v) is 8.51. The summed E-state index contributed by atoms with van der Waals surface area (Å²) in [5.74, 6) is 3.16. The molecular weight excluding hydrogens is 240 g/mol. The topological polar surface area (TPSA) is 24.4 Å². The van der Waals surface area contributed by atoms with Crippen LogP contribution in [0.2, 0.25) is 0 Å². The molecule has 0 radical (unpaired) electrons. The van der Waals surface area contributed by atoms with Crippen molar-refractivity contribution in [2.75, 3.05) is 13.1 Å². The van der Waals surface area contributed by atoms with Crippen molar-refractivity contribution in [3.63, 3.8) is 0 Å². The van der Waals surface area contributed by atoms with E-state index in [1.165, 1.54) is 30.9 Å². The van der Waals surface area contributed by atoms with E-state index >= 15 is 0 Å². The van der Waals surface area contributed by atoms with Crippen LogP contribution >= 0.6 is 11.8 Å². The molecule has 5 rings (SSSR count). The van der Waals surface area contributed by atoms with Crippen molar-refractivity contribution in [3.05, 3.63) is 0 Å². The minimum absolute atomic E-state index is 0.534. The summed E-state index contributed by atoms with van der Waals surface area (Å²) in [7, 11) is 0. The van der Waals surface area contributed by atoms with Crippen LogP contribution < -0.4 is 5.32 Å². The first-order chi connectivity index (χ1) is 8.71. The van der Waals surface area contributed by atoms with E-state index in [-0.39, 0.29) is 0 Å². The normalized spacial score (nSPS) is 49.7. The Kier molecular flexibility index (Phi) is 2.77. The third kappa shape index (κ3) is 2.03. The average Bonchev–Trinajstić information content (AvgIpc) is 2.71.